The molecule has 2 heterocycles. The van der Waals surface area contributed by atoms with Crippen molar-refractivity contribution in [3.63, 3.8) is 0 Å². The second-order valence-corrected chi connectivity index (χ2v) is 7.40. The van der Waals surface area contributed by atoms with Gasteiger partial charge in [-0.25, -0.2) is 0 Å². The van der Waals surface area contributed by atoms with Crippen molar-refractivity contribution < 1.29 is 9.53 Å². The van der Waals surface area contributed by atoms with Gasteiger partial charge in [0.1, 0.15) is 5.01 Å². The first kappa shape index (κ1) is 18.5. The monoisotopic (exact) mass is 390 g/mol. The van der Waals surface area contributed by atoms with Crippen LogP contribution in [-0.4, -0.2) is 50.3 Å². The van der Waals surface area contributed by atoms with E-state index in [1.807, 2.05) is 41.8 Å². The molecule has 0 spiro atoms. The molecule has 1 amide bonds. The molecule has 136 valence electrons. The highest BCUT2D eigenvalue weighted by Crippen LogP contribution is 2.24. The van der Waals surface area contributed by atoms with Crippen LogP contribution in [0.25, 0.3) is 11.4 Å². The number of aromatic nitrogens is 5. The number of rotatable bonds is 8. The molecule has 0 atom stereocenters. The lowest BCUT2D eigenvalue weighted by molar-refractivity contribution is -0.113. The summed E-state index contributed by atoms with van der Waals surface area (Å²) in [5.74, 6) is 0.803. The molecule has 0 saturated carbocycles. The Balaban J connectivity index is 1.70. The summed E-state index contributed by atoms with van der Waals surface area (Å²) in [7, 11) is 1.65. The number of carbonyl (C=O) groups excluding carboxylic acids is 1. The van der Waals surface area contributed by atoms with Crippen molar-refractivity contribution in [2.75, 3.05) is 24.8 Å². The van der Waals surface area contributed by atoms with E-state index >= 15 is 0 Å². The molecule has 3 rings (SSSR count). The summed E-state index contributed by atoms with van der Waals surface area (Å²) in [5.41, 5.74) is 0.969. The van der Waals surface area contributed by atoms with Gasteiger partial charge >= 0.3 is 0 Å². The topological polar surface area (TPSA) is 94.8 Å². The van der Waals surface area contributed by atoms with Crippen molar-refractivity contribution in [1.29, 1.82) is 0 Å². The van der Waals surface area contributed by atoms with Crippen LogP contribution in [0.5, 0.6) is 0 Å². The van der Waals surface area contributed by atoms with Gasteiger partial charge in [0.15, 0.2) is 11.0 Å². The van der Waals surface area contributed by atoms with E-state index in [9.17, 15) is 4.79 Å². The summed E-state index contributed by atoms with van der Waals surface area (Å²) >= 11 is 2.67. The Hall–Kier alpha value is -2.30. The van der Waals surface area contributed by atoms with Crippen molar-refractivity contribution in [2.45, 2.75) is 18.6 Å². The Labute approximate surface area is 159 Å². The van der Waals surface area contributed by atoms with Crippen molar-refractivity contribution in [3.05, 3.63) is 35.3 Å². The van der Waals surface area contributed by atoms with Gasteiger partial charge in [-0.1, -0.05) is 53.4 Å². The highest BCUT2D eigenvalue weighted by molar-refractivity contribution is 7.99. The highest BCUT2D eigenvalue weighted by atomic mass is 32.2. The van der Waals surface area contributed by atoms with E-state index in [0.29, 0.717) is 23.4 Å². The molecule has 0 aliphatic heterocycles. The van der Waals surface area contributed by atoms with E-state index in [-0.39, 0.29) is 11.7 Å². The van der Waals surface area contributed by atoms with Gasteiger partial charge in [-0.2, -0.15) is 0 Å². The van der Waals surface area contributed by atoms with E-state index < -0.39 is 0 Å². The number of methoxy groups -OCH3 is 1. The van der Waals surface area contributed by atoms with Crippen molar-refractivity contribution in [2.24, 2.45) is 0 Å². The zero-order valence-corrected chi connectivity index (χ0v) is 16.0. The van der Waals surface area contributed by atoms with Gasteiger partial charge in [-0.05, 0) is 6.92 Å². The Morgan fingerprint density at radius 1 is 1.23 bits per heavy atom. The number of nitrogens with one attached hydrogen (secondary N) is 1. The first-order valence-electron chi connectivity index (χ1n) is 7.87. The summed E-state index contributed by atoms with van der Waals surface area (Å²) in [5, 5.41) is 21.0. The third-order valence-electron chi connectivity index (χ3n) is 3.37. The zero-order valence-electron chi connectivity index (χ0n) is 14.4. The maximum Gasteiger partial charge on any atom is 0.236 e. The van der Waals surface area contributed by atoms with Crippen LogP contribution in [-0.2, 0) is 16.1 Å². The normalized spacial score (nSPS) is 10.8. The molecule has 0 saturated heterocycles. The third kappa shape index (κ3) is 4.65. The Morgan fingerprint density at radius 2 is 2.04 bits per heavy atom. The van der Waals surface area contributed by atoms with E-state index in [2.05, 4.69) is 25.7 Å². The standard InChI is InChI=1S/C16H18N6O2S2/c1-11-18-20-15(26-11)17-13(23)10-25-16-21-19-14(22(16)8-9-24-2)12-6-4-3-5-7-12/h3-7H,8-10H2,1-2H3,(H,17,20,23). The molecule has 8 nitrogen and oxygen atoms in total. The minimum Gasteiger partial charge on any atom is -0.383 e. The number of thioether (sulfide) groups is 1. The van der Waals surface area contributed by atoms with Gasteiger partial charge in [0.25, 0.3) is 0 Å². The number of benzene rings is 1. The Morgan fingerprint density at radius 3 is 2.73 bits per heavy atom. The minimum absolute atomic E-state index is 0.159. The molecule has 26 heavy (non-hydrogen) atoms. The Kier molecular flexibility index (Phi) is 6.31. The van der Waals surface area contributed by atoms with Gasteiger partial charge in [0, 0.05) is 12.7 Å². The summed E-state index contributed by atoms with van der Waals surface area (Å²) in [6.07, 6.45) is 0. The van der Waals surface area contributed by atoms with E-state index in [1.165, 1.54) is 23.1 Å². The number of aryl methyl sites for hydroxylation is 1. The van der Waals surface area contributed by atoms with Crippen molar-refractivity contribution in [3.8, 4) is 11.4 Å². The van der Waals surface area contributed by atoms with Crippen molar-refractivity contribution >= 4 is 34.1 Å². The number of hydrogen-bond donors (Lipinski definition) is 1. The van der Waals surface area contributed by atoms with E-state index in [4.69, 9.17) is 4.74 Å². The molecule has 0 bridgehead atoms. The van der Waals surface area contributed by atoms with Gasteiger partial charge in [-0.3, -0.25) is 14.7 Å². The molecular weight excluding hydrogens is 372 g/mol. The molecule has 0 aliphatic rings. The lowest BCUT2D eigenvalue weighted by Gasteiger charge is -2.09. The Bertz CT molecular complexity index is 865. The van der Waals surface area contributed by atoms with Crippen LogP contribution in [0, 0.1) is 6.92 Å². The van der Waals surface area contributed by atoms with Gasteiger partial charge in [0.05, 0.1) is 18.9 Å². The fourth-order valence-electron chi connectivity index (χ4n) is 2.21. The number of amides is 1. The van der Waals surface area contributed by atoms with Crippen LogP contribution in [0.1, 0.15) is 5.01 Å². The number of anilines is 1. The molecule has 10 heteroatoms. The van der Waals surface area contributed by atoms with Gasteiger partial charge < -0.3 is 4.74 Å². The smallest absolute Gasteiger partial charge is 0.236 e. The number of carbonyl (C=O) groups is 1. The molecule has 0 fully saturated rings. The molecule has 1 aromatic carbocycles. The first-order chi connectivity index (χ1) is 12.7. The summed E-state index contributed by atoms with van der Waals surface area (Å²) in [6.45, 7) is 2.97. The number of nitrogens with zero attached hydrogens (tertiary/aromatic N) is 5. The number of ether oxygens (including phenoxy) is 1. The van der Waals surface area contributed by atoms with Gasteiger partial charge in [0.2, 0.25) is 11.0 Å². The largest absolute Gasteiger partial charge is 0.383 e. The average molecular weight is 390 g/mol. The van der Waals surface area contributed by atoms with Crippen LogP contribution in [0.2, 0.25) is 0 Å². The first-order valence-corrected chi connectivity index (χ1v) is 9.68. The second kappa shape index (κ2) is 8.88. The SMILES string of the molecule is COCCn1c(SCC(=O)Nc2nnc(C)s2)nnc1-c1ccccc1. The molecule has 3 aromatic rings. The predicted octanol–water partition coefficient (Wildman–Crippen LogP) is 2.48. The van der Waals surface area contributed by atoms with Crippen LogP contribution >= 0.6 is 23.1 Å². The molecule has 2 aromatic heterocycles. The quantitative estimate of drug-likeness (QED) is 0.590. The molecule has 0 aliphatic carbocycles. The lowest BCUT2D eigenvalue weighted by Crippen LogP contribution is -2.15. The van der Waals surface area contributed by atoms with Crippen LogP contribution < -0.4 is 5.32 Å². The molecule has 0 radical (unpaired) electrons. The third-order valence-corrected chi connectivity index (χ3v) is 5.09. The summed E-state index contributed by atoms with van der Waals surface area (Å²) in [6, 6.07) is 9.82. The predicted molar refractivity (Wildman–Crippen MR) is 101 cm³/mol. The zero-order chi connectivity index (χ0) is 18.4. The highest BCUT2D eigenvalue weighted by Gasteiger charge is 2.16. The molecule has 0 unspecified atom stereocenters. The van der Waals surface area contributed by atoms with Crippen LogP contribution in [0.3, 0.4) is 0 Å². The minimum atomic E-state index is -0.159. The van der Waals surface area contributed by atoms with E-state index in [0.717, 1.165) is 16.4 Å². The van der Waals surface area contributed by atoms with E-state index in [1.54, 1.807) is 7.11 Å². The number of hydrogen-bond acceptors (Lipinski definition) is 8. The molecular formula is C16H18N6O2S2. The van der Waals surface area contributed by atoms with Gasteiger partial charge in [-0.15, -0.1) is 20.4 Å². The maximum atomic E-state index is 12.1. The van der Waals surface area contributed by atoms with Crippen LogP contribution in [0.15, 0.2) is 35.5 Å². The lowest BCUT2D eigenvalue weighted by atomic mass is 10.2. The second-order valence-electron chi connectivity index (χ2n) is 5.28. The summed E-state index contributed by atoms with van der Waals surface area (Å²) < 4.78 is 7.15. The molecule has 1 N–H and O–H groups in total. The van der Waals surface area contributed by atoms with Crippen molar-refractivity contribution in [1.82, 2.24) is 25.0 Å². The fourth-order valence-corrected chi connectivity index (χ4v) is 3.59. The maximum absolute atomic E-state index is 12.1. The average Bonchev–Trinajstić information content (AvgIpc) is 3.24. The fraction of sp³-hybridized carbons (Fsp3) is 0.312. The van der Waals surface area contributed by atoms with Crippen LogP contribution in [0.4, 0.5) is 5.13 Å². The summed E-state index contributed by atoms with van der Waals surface area (Å²) in [4.78, 5) is 12.1.